The van der Waals surface area contributed by atoms with Gasteiger partial charge >= 0.3 is 0 Å². The third kappa shape index (κ3) is 17.8. The van der Waals surface area contributed by atoms with Gasteiger partial charge in [0.2, 0.25) is 29.1 Å². The zero-order valence-corrected chi connectivity index (χ0v) is 58.8. The molecule has 33 heteroatoms. The Morgan fingerprint density at radius 2 is 0.282 bits per heavy atom. The molecule has 598 valence electrons. The van der Waals surface area contributed by atoms with Gasteiger partial charge in [-0.15, -0.1) is 21.9 Å². The second-order valence-corrected chi connectivity index (χ2v) is 24.5. The summed E-state index contributed by atoms with van der Waals surface area (Å²) >= 11 is 0. The fourth-order valence-corrected chi connectivity index (χ4v) is 12.6. The fraction of sp³-hybridized carbons (Fsp3) is 0. The largest absolute Gasteiger partial charge is 0.860 e. The maximum atomic E-state index is 15.4. The van der Waals surface area contributed by atoms with Crippen molar-refractivity contribution >= 4 is 86.5 Å². The van der Waals surface area contributed by atoms with Gasteiger partial charge < -0.3 is 14.7 Å². The van der Waals surface area contributed by atoms with Crippen LogP contribution in [0.5, 0.6) is 5.75 Å². The van der Waals surface area contributed by atoms with Crippen molar-refractivity contribution in [1.82, 2.24) is 0 Å². The average Bonchev–Trinajstić information content (AvgIpc) is 0.679. The lowest BCUT2D eigenvalue weighted by atomic mass is 9.12. The Bertz CT molecular complexity index is 4810. The number of rotatable bonds is 15. The van der Waals surface area contributed by atoms with E-state index in [0.717, 1.165) is 0 Å². The van der Waals surface area contributed by atoms with Crippen molar-refractivity contribution in [3.8, 4) is 5.75 Å². The maximum Gasteiger partial charge on any atom is 0.205 e. The van der Waals surface area contributed by atoms with Crippen molar-refractivity contribution in [1.29, 1.82) is 0 Å². The van der Waals surface area contributed by atoms with Gasteiger partial charge in [-0.2, -0.15) is 8.78 Å². The first-order valence-corrected chi connectivity index (χ1v) is 33.7. The molecule has 14 aromatic carbocycles. The fourth-order valence-electron chi connectivity index (χ4n) is 12.6. The van der Waals surface area contributed by atoms with Crippen LogP contribution in [0.25, 0.3) is 0 Å². The number of halogens is 25. The van der Waals surface area contributed by atoms with E-state index in [1.165, 1.54) is 65.9 Å². The lowest BCUT2D eigenvalue weighted by Gasteiger charge is -2.44. The summed E-state index contributed by atoms with van der Waals surface area (Å²) < 4.78 is 360. The van der Waals surface area contributed by atoms with Gasteiger partial charge in [-0.05, 0) is 109 Å². The molecule has 6 nitrogen and oxygen atoms in total. The first-order chi connectivity index (χ1) is 55.9. The molecular formula is C84H48B2F25N3O3. The highest BCUT2D eigenvalue weighted by Crippen LogP contribution is 2.33. The van der Waals surface area contributed by atoms with E-state index in [0.29, 0.717) is 0 Å². The van der Waals surface area contributed by atoms with Crippen LogP contribution in [0.1, 0.15) is 0 Å². The SMILES string of the molecule is Fc1c(F)c(F)c([B-](c2c(F)c(F)c(F)c(F)c2F)(c2c(F)c(F)c(F)c(F)c2F)c2c(F)c(F)c(F)c(F)c2F)c(F)c1F.[O-]B([O-])Oc1c(F)c(F)c(F)c(F)c1F.c1ccc([NH+](c2ccccc2)c2ccccc2)cc1.c1ccc([NH+](c2ccccc2)c2ccccc2)cc1.c1ccc([NH+](c2ccccc2)c2ccccc2)cc1. The van der Waals surface area contributed by atoms with Crippen molar-refractivity contribution in [3.63, 3.8) is 0 Å². The zero-order valence-electron chi connectivity index (χ0n) is 58.8. The van der Waals surface area contributed by atoms with E-state index in [9.17, 15) is 84.7 Å². The molecule has 0 aliphatic rings. The molecule has 0 aliphatic carbocycles. The summed E-state index contributed by atoms with van der Waals surface area (Å²) in [5, 5.41) is 19.7. The number of hydrogen-bond donors (Lipinski definition) is 3. The lowest BCUT2D eigenvalue weighted by molar-refractivity contribution is -0.681. The number of para-hydroxylation sites is 9. The van der Waals surface area contributed by atoms with Gasteiger partial charge in [0.1, 0.15) is 111 Å². The minimum atomic E-state index is -7.22. The third-order valence-electron chi connectivity index (χ3n) is 17.7. The molecule has 0 aliphatic heterocycles. The van der Waals surface area contributed by atoms with Crippen LogP contribution in [-0.2, 0) is 0 Å². The quantitative estimate of drug-likeness (QED) is 0.0415. The number of quaternary nitrogens is 3. The van der Waals surface area contributed by atoms with E-state index in [-0.39, 0.29) is 0 Å². The second kappa shape index (κ2) is 38.0. The molecule has 0 saturated heterocycles. The van der Waals surface area contributed by atoms with Crippen LogP contribution < -0.4 is 51.3 Å². The number of nitrogens with one attached hydrogen (secondary N) is 3. The second-order valence-electron chi connectivity index (χ2n) is 24.5. The molecule has 14 aromatic rings. The molecule has 117 heavy (non-hydrogen) atoms. The summed E-state index contributed by atoms with van der Waals surface area (Å²) in [6.45, 7) is 0. The summed E-state index contributed by atoms with van der Waals surface area (Å²) in [6.07, 6.45) is -7.22. The summed E-state index contributed by atoms with van der Waals surface area (Å²) in [7, 11) is -3.20. The van der Waals surface area contributed by atoms with Gasteiger partial charge in [0.15, 0.2) is 75.6 Å². The molecule has 0 bridgehead atoms. The Labute approximate surface area is 647 Å². The summed E-state index contributed by atoms with van der Waals surface area (Å²) in [4.78, 5) is 3.84. The Morgan fingerprint density at radius 1 is 0.171 bits per heavy atom. The van der Waals surface area contributed by atoms with E-state index in [2.05, 4.69) is 278 Å². The van der Waals surface area contributed by atoms with Crippen LogP contribution in [0.4, 0.5) is 161 Å². The summed E-state index contributed by atoms with van der Waals surface area (Å²) in [5.74, 6) is -85.0. The molecule has 14 rings (SSSR count). The first kappa shape index (κ1) is 86.5. The highest BCUT2D eigenvalue weighted by atomic mass is 19.2. The molecule has 0 saturated carbocycles. The molecule has 3 N–H and O–H groups in total. The van der Waals surface area contributed by atoms with Gasteiger partial charge in [0.05, 0.1) is 0 Å². The van der Waals surface area contributed by atoms with Gasteiger partial charge in [-0.3, -0.25) is 0 Å². The van der Waals surface area contributed by atoms with E-state index in [4.69, 9.17) is 0 Å². The maximum absolute atomic E-state index is 15.4. The average molecular weight is 1640 g/mol. The molecule has 0 amide bonds. The number of benzene rings is 14. The van der Waals surface area contributed by atoms with Crippen LogP contribution in [0, 0.1) is 145 Å². The normalized spacial score (nSPS) is 11.1. The van der Waals surface area contributed by atoms with Crippen molar-refractivity contribution < 1.29 is 139 Å². The number of hydrogen-bond acceptors (Lipinski definition) is 3. The van der Waals surface area contributed by atoms with Crippen molar-refractivity contribution in [2.24, 2.45) is 0 Å². The molecule has 0 spiro atoms. The molecule has 0 unspecified atom stereocenters. The molecule has 0 fully saturated rings. The molecule has 0 aromatic heterocycles. The smallest absolute Gasteiger partial charge is 0.205 e. The minimum Gasteiger partial charge on any atom is -0.860 e. The van der Waals surface area contributed by atoms with Gasteiger partial charge in [-0.1, -0.05) is 164 Å². The van der Waals surface area contributed by atoms with Crippen LogP contribution >= 0.6 is 0 Å². The highest BCUT2D eigenvalue weighted by Gasteiger charge is 2.52. The third-order valence-corrected chi connectivity index (χ3v) is 17.7. The standard InChI is InChI=1S/C24BF20.3C18H15N.C6BF5O3/c26-5-1(6(27)14(35)21(42)13(5)34)25(2-7(28)15(36)22(43)16(37)8(2)29,3-9(30)17(38)23(44)18(39)10(3)31)4-11(32)19(40)24(45)20(41)12(4)33;3*1-4-10-16(11-5-1)19(17-12-6-2-7-13-17)18-14-8-3-9-15-18;8-1-2(9)4(11)6(15-7(13)14)5(12)3(1)10/h;3*1-15H;/q-1;;;;-2/p+3. The predicted octanol–water partition coefficient (Wildman–Crippen LogP) is 16.9. The van der Waals surface area contributed by atoms with Gasteiger partial charge in [-0.25, -0.2) is 116 Å². The molecule has 0 heterocycles. The highest BCUT2D eigenvalue weighted by molar-refractivity contribution is 7.20. The molecule has 0 radical (unpaired) electrons. The topological polar surface area (TPSA) is 68.7 Å². The Morgan fingerprint density at radius 3 is 0.402 bits per heavy atom. The van der Waals surface area contributed by atoms with Crippen molar-refractivity contribution in [2.45, 2.75) is 0 Å². The van der Waals surface area contributed by atoms with Crippen LogP contribution in [0.2, 0.25) is 0 Å². The van der Waals surface area contributed by atoms with E-state index >= 15 is 35.1 Å². The minimum absolute atomic E-state index is 1.25. The lowest BCUT2D eigenvalue weighted by Crippen LogP contribution is -2.96. The van der Waals surface area contributed by atoms with E-state index in [1.807, 2.05) is 0 Å². The Kier molecular flexibility index (Phi) is 28.1. The van der Waals surface area contributed by atoms with Crippen molar-refractivity contribution in [3.05, 3.63) is 418 Å². The van der Waals surface area contributed by atoms with E-state index in [1.54, 1.807) is 0 Å². The van der Waals surface area contributed by atoms with E-state index < -0.39 is 186 Å². The zero-order chi connectivity index (χ0) is 84.9. The van der Waals surface area contributed by atoms with Gasteiger partial charge in [0, 0.05) is 0 Å². The van der Waals surface area contributed by atoms with Gasteiger partial charge in [0.25, 0.3) is 0 Å². The monoisotopic (exact) mass is 1640 g/mol. The molecular weight excluding hydrogens is 1600 g/mol. The summed E-state index contributed by atoms with van der Waals surface area (Å²) in [5.41, 5.74) is -3.08. The molecule has 0 atom stereocenters. The summed E-state index contributed by atoms with van der Waals surface area (Å²) in [6, 6.07) is 94.9. The van der Waals surface area contributed by atoms with Crippen LogP contribution in [0.15, 0.2) is 273 Å². The first-order valence-electron chi connectivity index (χ1n) is 33.7. The predicted molar refractivity (Wildman–Crippen MR) is 380 cm³/mol. The Balaban J connectivity index is 0.000000167. The van der Waals surface area contributed by atoms with Crippen LogP contribution in [-0.4, -0.2) is 13.5 Å². The van der Waals surface area contributed by atoms with Crippen molar-refractivity contribution in [2.75, 3.05) is 0 Å². The Hall–Kier alpha value is -12.9. The van der Waals surface area contributed by atoms with Crippen LogP contribution in [0.3, 0.4) is 0 Å².